The van der Waals surface area contributed by atoms with Crippen molar-refractivity contribution in [1.82, 2.24) is 0 Å². The maximum Gasteiger partial charge on any atom is 0.237 e. The summed E-state index contributed by atoms with van der Waals surface area (Å²) >= 11 is 0. The number of aromatic hydroxyl groups is 1. The Kier molecular flexibility index (Phi) is 7.64. The zero-order chi connectivity index (χ0) is 21.2. The van der Waals surface area contributed by atoms with E-state index in [1.807, 2.05) is 60.7 Å². The highest BCUT2D eigenvalue weighted by Gasteiger charge is 2.15. The van der Waals surface area contributed by atoms with E-state index in [4.69, 9.17) is 11.7 Å². The Balaban J connectivity index is 0.000000253. The third kappa shape index (κ3) is 5.75. The molecule has 0 aliphatic heterocycles. The Morgan fingerprint density at radius 2 is 1.21 bits per heavy atom. The highest BCUT2D eigenvalue weighted by molar-refractivity contribution is 6.06. The van der Waals surface area contributed by atoms with Crippen molar-refractivity contribution in [3.63, 3.8) is 0 Å². The highest BCUT2D eigenvalue weighted by atomic mass is 16.3. The number of rotatable bonds is 4. The fourth-order valence-corrected chi connectivity index (χ4v) is 2.73. The second-order valence-corrected chi connectivity index (χ2v) is 6.20. The van der Waals surface area contributed by atoms with Crippen LogP contribution in [0.3, 0.4) is 0 Å². The molecule has 3 aromatic rings. The van der Waals surface area contributed by atoms with Crippen LogP contribution >= 0.6 is 0 Å². The molecule has 0 bridgehead atoms. The van der Waals surface area contributed by atoms with Gasteiger partial charge in [0.15, 0.2) is 11.6 Å². The first kappa shape index (κ1) is 21.3. The Morgan fingerprint density at radius 1 is 0.759 bits per heavy atom. The Morgan fingerprint density at radius 3 is 1.55 bits per heavy atom. The predicted molar refractivity (Wildman–Crippen MR) is 114 cm³/mol. The zero-order valence-electron chi connectivity index (χ0n) is 16.3. The molecule has 0 fully saturated rings. The van der Waals surface area contributed by atoms with Crippen molar-refractivity contribution in [3.05, 3.63) is 119 Å². The van der Waals surface area contributed by atoms with Crippen LogP contribution < -0.4 is 0 Å². The van der Waals surface area contributed by atoms with Gasteiger partial charge in [-0.05, 0) is 42.7 Å². The highest BCUT2D eigenvalue weighted by Crippen LogP contribution is 2.28. The van der Waals surface area contributed by atoms with Crippen molar-refractivity contribution in [2.24, 2.45) is 0 Å². The number of hydrogen-bond donors (Lipinski definition) is 1. The number of para-hydroxylation sites is 1. The van der Waals surface area contributed by atoms with Gasteiger partial charge in [-0.2, -0.15) is 0 Å². The van der Waals surface area contributed by atoms with Crippen LogP contribution in [0, 0.1) is 6.57 Å². The number of hydrogen-bond acceptors (Lipinski definition) is 3. The number of ketones is 2. The lowest BCUT2D eigenvalue weighted by Gasteiger charge is -2.10. The molecular weight excluding hydrogens is 362 g/mol. The summed E-state index contributed by atoms with van der Waals surface area (Å²) in [4.78, 5) is 25.8. The lowest BCUT2D eigenvalue weighted by atomic mass is 9.95. The summed E-state index contributed by atoms with van der Waals surface area (Å²) in [6.07, 6.45) is 0. The number of phenolic OH excluding ortho intramolecular Hbond substituents is 1. The summed E-state index contributed by atoms with van der Waals surface area (Å²) < 4.78 is 0. The first-order valence-electron chi connectivity index (χ1n) is 8.98. The molecule has 0 aliphatic carbocycles. The molecule has 4 heteroatoms. The summed E-state index contributed by atoms with van der Waals surface area (Å²) in [5, 5.41) is 9.06. The molecule has 0 saturated heterocycles. The maximum absolute atomic E-state index is 11.7. The third-order valence-electron chi connectivity index (χ3n) is 4.09. The minimum Gasteiger partial charge on any atom is -0.507 e. The Bertz CT molecular complexity index is 1020. The monoisotopic (exact) mass is 383 g/mol. The molecule has 0 aliphatic rings. The minimum absolute atomic E-state index is 0.0509. The van der Waals surface area contributed by atoms with E-state index in [1.165, 1.54) is 19.9 Å². The first-order valence-corrected chi connectivity index (χ1v) is 8.98. The molecular formula is C25H21NO3. The van der Waals surface area contributed by atoms with Gasteiger partial charge in [-0.25, -0.2) is 4.85 Å². The van der Waals surface area contributed by atoms with E-state index in [-0.39, 0.29) is 23.0 Å². The molecule has 144 valence electrons. The van der Waals surface area contributed by atoms with Crippen LogP contribution in [0.25, 0.3) is 10.4 Å². The van der Waals surface area contributed by atoms with Crippen molar-refractivity contribution in [3.8, 4) is 5.75 Å². The van der Waals surface area contributed by atoms with Gasteiger partial charge in [-0.3, -0.25) is 4.79 Å². The van der Waals surface area contributed by atoms with Gasteiger partial charge in [0.05, 0.1) is 12.1 Å². The SMILES string of the molecule is CC(=O)c1ccccc1O.[C-]#[N+]C(C(C)=O)=C(c1ccccc1)c1ccccc1. The molecule has 4 nitrogen and oxygen atoms in total. The molecule has 3 aromatic carbocycles. The standard InChI is InChI=1S/C17H13NO.C8H8O2/c1-13(19)17(18-2)16(14-9-5-3-6-10-14)15-11-7-4-8-12-15;1-6(9)7-4-2-3-5-8(7)10/h3-12H,1H3;2-5,10H,1H3. The number of allylic oxidation sites excluding steroid dienone is 1. The van der Waals surface area contributed by atoms with Crippen molar-refractivity contribution in [1.29, 1.82) is 0 Å². The molecule has 3 rings (SSSR count). The average molecular weight is 383 g/mol. The van der Waals surface area contributed by atoms with Gasteiger partial charge in [0, 0.05) is 0 Å². The second kappa shape index (κ2) is 10.4. The lowest BCUT2D eigenvalue weighted by molar-refractivity contribution is -0.113. The number of Topliss-reactive ketones (excluding diaryl/α,β-unsaturated/α-hetero) is 2. The normalized spacial score (nSPS) is 9.41. The van der Waals surface area contributed by atoms with Crippen molar-refractivity contribution in [2.45, 2.75) is 13.8 Å². The summed E-state index contributed by atoms with van der Waals surface area (Å²) in [7, 11) is 0. The third-order valence-corrected chi connectivity index (χ3v) is 4.09. The van der Waals surface area contributed by atoms with Crippen LogP contribution in [-0.4, -0.2) is 16.7 Å². The fourth-order valence-electron chi connectivity index (χ4n) is 2.73. The summed E-state index contributed by atoms with van der Waals surface area (Å²) in [6.45, 7) is 10.1. The van der Waals surface area contributed by atoms with E-state index in [1.54, 1.807) is 18.2 Å². The number of benzene rings is 3. The van der Waals surface area contributed by atoms with E-state index in [2.05, 4.69) is 4.85 Å². The van der Waals surface area contributed by atoms with Gasteiger partial charge >= 0.3 is 0 Å². The van der Waals surface area contributed by atoms with Gasteiger partial charge < -0.3 is 9.90 Å². The van der Waals surface area contributed by atoms with Gasteiger partial charge in [0.1, 0.15) is 5.75 Å². The van der Waals surface area contributed by atoms with E-state index >= 15 is 0 Å². The molecule has 0 saturated carbocycles. The zero-order valence-corrected chi connectivity index (χ0v) is 16.3. The fraction of sp³-hybridized carbons (Fsp3) is 0.0800. The molecule has 0 spiro atoms. The van der Waals surface area contributed by atoms with Gasteiger partial charge in [-0.15, -0.1) is 0 Å². The molecule has 1 N–H and O–H groups in total. The molecule has 0 amide bonds. The molecule has 0 aromatic heterocycles. The average Bonchev–Trinajstić information content (AvgIpc) is 2.73. The van der Waals surface area contributed by atoms with Crippen molar-refractivity contribution >= 4 is 17.1 Å². The topological polar surface area (TPSA) is 58.7 Å². The quantitative estimate of drug-likeness (QED) is 0.365. The molecule has 0 unspecified atom stereocenters. The summed E-state index contributed by atoms with van der Waals surface area (Å²) in [5.41, 5.74) is 3.02. The molecule has 0 heterocycles. The predicted octanol–water partition coefficient (Wildman–Crippen LogP) is 5.55. The lowest BCUT2D eigenvalue weighted by Crippen LogP contribution is -1.99. The maximum atomic E-state index is 11.7. The number of carbonyl (C=O) groups excluding carboxylic acids is 2. The van der Waals surface area contributed by atoms with E-state index in [0.717, 1.165) is 11.1 Å². The van der Waals surface area contributed by atoms with Crippen LogP contribution in [0.15, 0.2) is 90.6 Å². The van der Waals surface area contributed by atoms with Crippen molar-refractivity contribution in [2.75, 3.05) is 0 Å². The van der Waals surface area contributed by atoms with E-state index in [9.17, 15) is 9.59 Å². The van der Waals surface area contributed by atoms with Gasteiger partial charge in [-0.1, -0.05) is 72.8 Å². The molecule has 0 radical (unpaired) electrons. The minimum atomic E-state index is -0.210. The van der Waals surface area contributed by atoms with Crippen LogP contribution in [0.2, 0.25) is 0 Å². The summed E-state index contributed by atoms with van der Waals surface area (Å²) in [6, 6.07) is 25.6. The largest absolute Gasteiger partial charge is 0.507 e. The molecule has 0 atom stereocenters. The van der Waals surface area contributed by atoms with E-state index < -0.39 is 0 Å². The van der Waals surface area contributed by atoms with Gasteiger partial charge in [0.25, 0.3) is 0 Å². The number of phenols is 1. The second-order valence-electron chi connectivity index (χ2n) is 6.20. The van der Waals surface area contributed by atoms with Crippen molar-refractivity contribution < 1.29 is 14.7 Å². The number of nitrogens with zero attached hydrogens (tertiary/aromatic N) is 1. The van der Waals surface area contributed by atoms with Crippen LogP contribution in [-0.2, 0) is 4.79 Å². The first-order chi connectivity index (χ1) is 14.0. The molecule has 29 heavy (non-hydrogen) atoms. The van der Waals surface area contributed by atoms with E-state index in [0.29, 0.717) is 11.1 Å². The van der Waals surface area contributed by atoms with Crippen LogP contribution in [0.4, 0.5) is 0 Å². The Labute approximate surface area is 170 Å². The van der Waals surface area contributed by atoms with Crippen LogP contribution in [0.1, 0.15) is 35.3 Å². The number of carbonyl (C=O) groups is 2. The Hall–Kier alpha value is -3.97. The van der Waals surface area contributed by atoms with Crippen LogP contribution in [0.5, 0.6) is 5.75 Å². The van der Waals surface area contributed by atoms with Gasteiger partial charge in [0.2, 0.25) is 5.70 Å². The smallest absolute Gasteiger partial charge is 0.237 e. The summed E-state index contributed by atoms with van der Waals surface area (Å²) in [5.74, 6) is -0.272.